The lowest BCUT2D eigenvalue weighted by Gasteiger charge is -2.35. The van der Waals surface area contributed by atoms with Gasteiger partial charge in [0.15, 0.2) is 0 Å². The quantitative estimate of drug-likeness (QED) is 0.704. The van der Waals surface area contributed by atoms with E-state index in [4.69, 9.17) is 0 Å². The van der Waals surface area contributed by atoms with Crippen LogP contribution in [-0.2, 0) is 22.4 Å². The first-order valence-corrected chi connectivity index (χ1v) is 11.1. The summed E-state index contributed by atoms with van der Waals surface area (Å²) in [6.07, 6.45) is 2.68. The minimum atomic E-state index is 0.193. The molecule has 0 saturated carbocycles. The number of amides is 2. The van der Waals surface area contributed by atoms with E-state index in [0.717, 1.165) is 12.8 Å². The van der Waals surface area contributed by atoms with Gasteiger partial charge in [0.25, 0.3) is 0 Å². The fourth-order valence-electron chi connectivity index (χ4n) is 3.53. The number of carbonyl (C=O) groups excluding carboxylic acids is 2. The first-order chi connectivity index (χ1) is 13.5. The monoisotopic (exact) mass is 398 g/mol. The molecule has 0 spiro atoms. The molecular weight excluding hydrogens is 368 g/mol. The minimum Gasteiger partial charge on any atom is -0.339 e. The molecule has 1 aromatic carbocycles. The van der Waals surface area contributed by atoms with Crippen LogP contribution in [0.15, 0.2) is 41.8 Å². The smallest absolute Gasteiger partial charge is 0.223 e. The summed E-state index contributed by atoms with van der Waals surface area (Å²) in [5.41, 5.74) is 2.54. The fraction of sp³-hybridized carbons (Fsp3) is 0.478. The second kappa shape index (κ2) is 9.87. The lowest BCUT2D eigenvalue weighted by atomic mass is 10.00. The van der Waals surface area contributed by atoms with Gasteiger partial charge in [-0.3, -0.25) is 9.59 Å². The second-order valence-corrected chi connectivity index (χ2v) is 8.77. The maximum absolute atomic E-state index is 12.5. The number of aryl methyl sites for hydroxylation is 2. The van der Waals surface area contributed by atoms with Crippen LogP contribution in [0.1, 0.15) is 48.6 Å². The van der Waals surface area contributed by atoms with Crippen molar-refractivity contribution in [2.45, 2.75) is 45.4 Å². The second-order valence-electron chi connectivity index (χ2n) is 7.74. The Morgan fingerprint density at radius 3 is 1.96 bits per heavy atom. The van der Waals surface area contributed by atoms with Crippen molar-refractivity contribution in [2.75, 3.05) is 26.2 Å². The SMILES string of the molecule is CC(C)c1ccc(CCC(=O)N2CCN(C(=O)CCc3cccs3)CC2)cc1. The highest BCUT2D eigenvalue weighted by molar-refractivity contribution is 7.09. The number of rotatable bonds is 7. The molecule has 2 heterocycles. The molecule has 5 heteroatoms. The molecule has 4 nitrogen and oxygen atoms in total. The highest BCUT2D eigenvalue weighted by atomic mass is 32.1. The van der Waals surface area contributed by atoms with Crippen LogP contribution >= 0.6 is 11.3 Å². The van der Waals surface area contributed by atoms with Crippen molar-refractivity contribution in [2.24, 2.45) is 0 Å². The van der Waals surface area contributed by atoms with Crippen molar-refractivity contribution < 1.29 is 9.59 Å². The first kappa shape index (κ1) is 20.6. The normalized spacial score (nSPS) is 14.5. The molecule has 0 N–H and O–H groups in total. The number of hydrogen-bond acceptors (Lipinski definition) is 3. The van der Waals surface area contributed by atoms with Gasteiger partial charge in [-0.15, -0.1) is 11.3 Å². The van der Waals surface area contributed by atoms with E-state index in [9.17, 15) is 9.59 Å². The van der Waals surface area contributed by atoms with Gasteiger partial charge in [-0.25, -0.2) is 0 Å². The molecule has 1 aliphatic heterocycles. The summed E-state index contributed by atoms with van der Waals surface area (Å²) in [4.78, 5) is 30.0. The van der Waals surface area contributed by atoms with Gasteiger partial charge in [0.2, 0.25) is 11.8 Å². The minimum absolute atomic E-state index is 0.193. The van der Waals surface area contributed by atoms with Crippen molar-refractivity contribution in [3.63, 3.8) is 0 Å². The zero-order valence-electron chi connectivity index (χ0n) is 16.9. The molecule has 3 rings (SSSR count). The van der Waals surface area contributed by atoms with Crippen LogP contribution in [0.25, 0.3) is 0 Å². The lowest BCUT2D eigenvalue weighted by molar-refractivity contribution is -0.139. The zero-order valence-corrected chi connectivity index (χ0v) is 17.7. The third-order valence-electron chi connectivity index (χ3n) is 5.42. The Labute approximate surface area is 172 Å². The Kier molecular flexibility index (Phi) is 7.26. The Bertz CT molecular complexity index is 760. The number of hydrogen-bond donors (Lipinski definition) is 0. The number of carbonyl (C=O) groups is 2. The Balaban J connectivity index is 1.39. The average Bonchev–Trinajstić information content (AvgIpc) is 3.24. The molecule has 1 aliphatic rings. The molecule has 0 bridgehead atoms. The van der Waals surface area contributed by atoms with E-state index in [-0.39, 0.29) is 11.8 Å². The Hall–Kier alpha value is -2.14. The van der Waals surface area contributed by atoms with Crippen molar-refractivity contribution in [3.05, 3.63) is 57.8 Å². The summed E-state index contributed by atoms with van der Waals surface area (Å²) in [6.45, 7) is 6.97. The maximum Gasteiger partial charge on any atom is 0.223 e. The van der Waals surface area contributed by atoms with E-state index < -0.39 is 0 Å². The molecule has 0 unspecified atom stereocenters. The van der Waals surface area contributed by atoms with Crippen molar-refractivity contribution in [1.82, 2.24) is 9.80 Å². The zero-order chi connectivity index (χ0) is 19.9. The van der Waals surface area contributed by atoms with Gasteiger partial charge in [-0.2, -0.15) is 0 Å². The average molecular weight is 399 g/mol. The third kappa shape index (κ3) is 5.68. The van der Waals surface area contributed by atoms with E-state index >= 15 is 0 Å². The van der Waals surface area contributed by atoms with Crippen LogP contribution in [0.3, 0.4) is 0 Å². The molecule has 150 valence electrons. The largest absolute Gasteiger partial charge is 0.339 e. The van der Waals surface area contributed by atoms with Crippen molar-refractivity contribution in [3.8, 4) is 0 Å². The molecule has 1 aromatic heterocycles. The summed E-state index contributed by atoms with van der Waals surface area (Å²) in [5.74, 6) is 0.921. The fourth-order valence-corrected chi connectivity index (χ4v) is 4.24. The molecule has 2 aromatic rings. The van der Waals surface area contributed by atoms with Gasteiger partial charge in [0, 0.05) is 43.9 Å². The van der Waals surface area contributed by atoms with E-state index in [1.807, 2.05) is 21.2 Å². The number of benzene rings is 1. The molecule has 0 atom stereocenters. The number of thiophene rings is 1. The maximum atomic E-state index is 12.5. The van der Waals surface area contributed by atoms with Crippen molar-refractivity contribution >= 4 is 23.2 Å². The van der Waals surface area contributed by atoms with Gasteiger partial charge in [-0.05, 0) is 41.3 Å². The summed E-state index contributed by atoms with van der Waals surface area (Å²) in [7, 11) is 0. The van der Waals surface area contributed by atoms with E-state index in [0.29, 0.717) is 44.9 Å². The van der Waals surface area contributed by atoms with Crippen LogP contribution in [0.4, 0.5) is 0 Å². The molecule has 2 amide bonds. The predicted molar refractivity (Wildman–Crippen MR) is 115 cm³/mol. The first-order valence-electron chi connectivity index (χ1n) is 10.2. The van der Waals surface area contributed by atoms with Crippen LogP contribution in [0, 0.1) is 0 Å². The standard InChI is InChI=1S/C23H30N2O2S/c1-18(2)20-8-5-19(6-9-20)7-11-22(26)24-13-15-25(16-14-24)23(27)12-10-21-4-3-17-28-21/h3-6,8-9,17-18H,7,10-16H2,1-2H3. The van der Waals surface area contributed by atoms with Gasteiger partial charge >= 0.3 is 0 Å². The van der Waals surface area contributed by atoms with Gasteiger partial charge in [0.1, 0.15) is 0 Å². The molecule has 0 radical (unpaired) electrons. The Morgan fingerprint density at radius 2 is 1.46 bits per heavy atom. The van der Waals surface area contributed by atoms with E-state index in [1.54, 1.807) is 11.3 Å². The molecule has 0 aliphatic carbocycles. The van der Waals surface area contributed by atoms with Crippen LogP contribution in [0.5, 0.6) is 0 Å². The van der Waals surface area contributed by atoms with Crippen LogP contribution < -0.4 is 0 Å². The van der Waals surface area contributed by atoms with Crippen molar-refractivity contribution in [1.29, 1.82) is 0 Å². The van der Waals surface area contributed by atoms with Crippen LogP contribution in [-0.4, -0.2) is 47.8 Å². The number of nitrogens with zero attached hydrogens (tertiary/aromatic N) is 2. The molecule has 1 fully saturated rings. The van der Waals surface area contributed by atoms with Crippen LogP contribution in [0.2, 0.25) is 0 Å². The summed E-state index contributed by atoms with van der Waals surface area (Å²) in [5, 5.41) is 2.04. The topological polar surface area (TPSA) is 40.6 Å². The summed E-state index contributed by atoms with van der Waals surface area (Å²) in [6, 6.07) is 12.7. The van der Waals surface area contributed by atoms with E-state index in [2.05, 4.69) is 44.2 Å². The molecule has 28 heavy (non-hydrogen) atoms. The highest BCUT2D eigenvalue weighted by Crippen LogP contribution is 2.16. The van der Waals surface area contributed by atoms with Gasteiger partial charge in [-0.1, -0.05) is 44.2 Å². The van der Waals surface area contributed by atoms with Gasteiger partial charge in [0.05, 0.1) is 0 Å². The molecule has 1 saturated heterocycles. The molecular formula is C23H30N2O2S. The lowest BCUT2D eigenvalue weighted by Crippen LogP contribution is -2.50. The Morgan fingerprint density at radius 1 is 0.893 bits per heavy atom. The third-order valence-corrected chi connectivity index (χ3v) is 6.36. The predicted octanol–water partition coefficient (Wildman–Crippen LogP) is 4.11. The van der Waals surface area contributed by atoms with Gasteiger partial charge < -0.3 is 9.80 Å². The summed E-state index contributed by atoms with van der Waals surface area (Å²) >= 11 is 1.70. The number of piperazine rings is 1. The van der Waals surface area contributed by atoms with E-state index in [1.165, 1.54) is 16.0 Å². The summed E-state index contributed by atoms with van der Waals surface area (Å²) < 4.78 is 0. The highest BCUT2D eigenvalue weighted by Gasteiger charge is 2.23.